The van der Waals surface area contributed by atoms with Crippen LogP contribution in [0.1, 0.15) is 39.0 Å². The third-order valence-electron chi connectivity index (χ3n) is 5.63. The van der Waals surface area contributed by atoms with Crippen molar-refractivity contribution in [2.24, 2.45) is 11.8 Å². The number of nitrogens with one attached hydrogen (secondary N) is 1. The topological polar surface area (TPSA) is 63.1 Å². The van der Waals surface area contributed by atoms with Crippen LogP contribution < -0.4 is 5.32 Å². The van der Waals surface area contributed by atoms with Crippen LogP contribution in [0, 0.1) is 18.8 Å². The van der Waals surface area contributed by atoms with Crippen molar-refractivity contribution in [2.75, 3.05) is 13.1 Å². The first kappa shape index (κ1) is 15.5. The van der Waals surface area contributed by atoms with E-state index in [1.807, 2.05) is 11.3 Å². The summed E-state index contributed by atoms with van der Waals surface area (Å²) < 4.78 is 2.07. The quantitative estimate of drug-likeness (QED) is 0.907. The molecule has 1 N–H and O–H groups in total. The van der Waals surface area contributed by atoms with Gasteiger partial charge >= 0.3 is 0 Å². The Morgan fingerprint density at radius 2 is 2.08 bits per heavy atom. The molecule has 0 aromatic carbocycles. The predicted molar refractivity (Wildman–Crippen MR) is 95.5 cm³/mol. The van der Waals surface area contributed by atoms with Crippen LogP contribution in [-0.4, -0.2) is 44.7 Å². The Morgan fingerprint density at radius 3 is 2.84 bits per heavy atom. The van der Waals surface area contributed by atoms with Gasteiger partial charge in [0, 0.05) is 48.4 Å². The van der Waals surface area contributed by atoms with E-state index < -0.39 is 0 Å². The Kier molecular flexibility index (Phi) is 3.67. The lowest BCUT2D eigenvalue weighted by Crippen LogP contribution is -2.33. The van der Waals surface area contributed by atoms with E-state index in [0.717, 1.165) is 51.3 Å². The van der Waals surface area contributed by atoms with Crippen molar-refractivity contribution in [1.29, 1.82) is 0 Å². The molecular weight excluding hydrogens is 334 g/mol. The minimum absolute atomic E-state index is 0.0522. The standard InChI is InChI=1S/C18H23N5OS/c1-11-2-5-15(25-11)10-22-7-12-6-16-20-21-17(18(24)19-14-3-4-14)23(16)9-13(12)8-22/h2,5,12-14H,3-4,6-10H2,1H3,(H,19,24)/t12-,13-/m1/s1. The average molecular weight is 357 g/mol. The Hall–Kier alpha value is -1.73. The molecule has 1 amide bonds. The van der Waals surface area contributed by atoms with Gasteiger partial charge in [-0.15, -0.1) is 21.5 Å². The highest BCUT2D eigenvalue weighted by Crippen LogP contribution is 2.34. The van der Waals surface area contributed by atoms with Gasteiger partial charge in [-0.3, -0.25) is 9.69 Å². The van der Waals surface area contributed by atoms with Gasteiger partial charge in [-0.1, -0.05) is 0 Å². The summed E-state index contributed by atoms with van der Waals surface area (Å²) >= 11 is 1.89. The van der Waals surface area contributed by atoms with Crippen LogP contribution in [0.2, 0.25) is 0 Å². The number of amides is 1. The van der Waals surface area contributed by atoms with Crippen molar-refractivity contribution < 1.29 is 4.79 Å². The van der Waals surface area contributed by atoms with E-state index in [4.69, 9.17) is 0 Å². The lowest BCUT2D eigenvalue weighted by atomic mass is 9.89. The van der Waals surface area contributed by atoms with Gasteiger partial charge < -0.3 is 9.88 Å². The van der Waals surface area contributed by atoms with E-state index >= 15 is 0 Å². The molecule has 0 unspecified atom stereocenters. The van der Waals surface area contributed by atoms with Crippen molar-refractivity contribution in [3.63, 3.8) is 0 Å². The molecule has 2 atom stereocenters. The summed E-state index contributed by atoms with van der Waals surface area (Å²) in [7, 11) is 0. The number of rotatable bonds is 4. The average Bonchev–Trinajstić information content (AvgIpc) is 2.98. The second kappa shape index (κ2) is 5.92. The number of carbonyl (C=O) groups excluding carboxylic acids is 1. The Bertz CT molecular complexity index is 808. The maximum absolute atomic E-state index is 12.4. The predicted octanol–water partition coefficient (Wildman–Crippen LogP) is 1.84. The molecule has 2 aromatic rings. The molecular formula is C18H23N5OS. The SMILES string of the molecule is Cc1ccc(CN2C[C@H]3Cc4nnc(C(=O)NC5CC5)n4C[C@H]3C2)s1. The molecule has 0 radical (unpaired) electrons. The fourth-order valence-corrected chi connectivity index (χ4v) is 5.12. The number of nitrogens with zero attached hydrogens (tertiary/aromatic N) is 4. The fourth-order valence-electron chi connectivity index (χ4n) is 4.19. The number of carbonyl (C=O) groups is 1. The van der Waals surface area contributed by atoms with E-state index in [-0.39, 0.29) is 5.91 Å². The van der Waals surface area contributed by atoms with Crippen molar-refractivity contribution >= 4 is 17.2 Å². The number of aryl methyl sites for hydroxylation is 1. The van der Waals surface area contributed by atoms with Crippen molar-refractivity contribution in [3.05, 3.63) is 33.5 Å². The first-order chi connectivity index (χ1) is 12.2. The van der Waals surface area contributed by atoms with Gasteiger partial charge in [-0.25, -0.2) is 0 Å². The summed E-state index contributed by atoms with van der Waals surface area (Å²) in [5, 5.41) is 11.5. The molecule has 5 rings (SSSR count). The molecule has 2 aromatic heterocycles. The normalized spacial score (nSPS) is 25.6. The molecule has 132 valence electrons. The summed E-state index contributed by atoms with van der Waals surface area (Å²) in [6.07, 6.45) is 3.12. The number of hydrogen-bond acceptors (Lipinski definition) is 5. The molecule has 1 aliphatic carbocycles. The Morgan fingerprint density at radius 1 is 1.24 bits per heavy atom. The third-order valence-corrected chi connectivity index (χ3v) is 6.62. The molecule has 6 nitrogen and oxygen atoms in total. The van der Waals surface area contributed by atoms with Crippen molar-refractivity contribution in [1.82, 2.24) is 25.0 Å². The van der Waals surface area contributed by atoms with Gasteiger partial charge in [0.25, 0.3) is 5.91 Å². The van der Waals surface area contributed by atoms with E-state index in [1.54, 1.807) is 0 Å². The summed E-state index contributed by atoms with van der Waals surface area (Å²) in [6, 6.07) is 4.81. The van der Waals surface area contributed by atoms with Crippen LogP contribution in [0.25, 0.3) is 0 Å². The second-order valence-corrected chi connectivity index (χ2v) is 9.10. The molecule has 1 saturated carbocycles. The zero-order valence-electron chi connectivity index (χ0n) is 14.4. The molecule has 0 spiro atoms. The number of aromatic nitrogens is 3. The van der Waals surface area contributed by atoms with Crippen LogP contribution in [-0.2, 0) is 19.5 Å². The van der Waals surface area contributed by atoms with Crippen molar-refractivity contribution in [2.45, 2.75) is 45.3 Å². The largest absolute Gasteiger partial charge is 0.347 e. The maximum atomic E-state index is 12.4. The summed E-state index contributed by atoms with van der Waals surface area (Å²) in [4.78, 5) is 17.8. The molecule has 2 fully saturated rings. The van der Waals surface area contributed by atoms with Crippen LogP contribution in [0.3, 0.4) is 0 Å². The van der Waals surface area contributed by atoms with Crippen molar-refractivity contribution in [3.8, 4) is 0 Å². The highest BCUT2D eigenvalue weighted by molar-refractivity contribution is 7.11. The zero-order chi connectivity index (χ0) is 17.0. The van der Waals surface area contributed by atoms with Gasteiger partial charge in [-0.05, 0) is 43.7 Å². The summed E-state index contributed by atoms with van der Waals surface area (Å²) in [5.41, 5.74) is 0. The van der Waals surface area contributed by atoms with Gasteiger partial charge in [0.15, 0.2) is 0 Å². The first-order valence-corrected chi connectivity index (χ1v) is 9.98. The summed E-state index contributed by atoms with van der Waals surface area (Å²) in [6.45, 7) is 6.31. The number of likely N-dealkylation sites (tertiary alicyclic amines) is 1. The highest BCUT2D eigenvalue weighted by atomic mass is 32.1. The van der Waals surface area contributed by atoms with Gasteiger partial charge in [-0.2, -0.15) is 0 Å². The lowest BCUT2D eigenvalue weighted by Gasteiger charge is -2.25. The third kappa shape index (κ3) is 3.00. The first-order valence-electron chi connectivity index (χ1n) is 9.16. The lowest BCUT2D eigenvalue weighted by molar-refractivity contribution is 0.0932. The van der Waals surface area contributed by atoms with E-state index in [0.29, 0.717) is 23.7 Å². The van der Waals surface area contributed by atoms with Gasteiger partial charge in [0.2, 0.25) is 5.82 Å². The number of thiophene rings is 1. The van der Waals surface area contributed by atoms with E-state index in [1.165, 1.54) is 9.75 Å². The minimum Gasteiger partial charge on any atom is -0.347 e. The van der Waals surface area contributed by atoms with Gasteiger partial charge in [0.05, 0.1) is 0 Å². The van der Waals surface area contributed by atoms with E-state index in [9.17, 15) is 4.79 Å². The van der Waals surface area contributed by atoms with E-state index in [2.05, 4.69) is 44.0 Å². The van der Waals surface area contributed by atoms with Crippen LogP contribution in [0.4, 0.5) is 0 Å². The fraction of sp³-hybridized carbons (Fsp3) is 0.611. The summed E-state index contributed by atoms with van der Waals surface area (Å²) in [5.74, 6) is 2.67. The molecule has 0 bridgehead atoms. The smallest absolute Gasteiger partial charge is 0.289 e. The molecule has 3 aliphatic rings. The maximum Gasteiger partial charge on any atom is 0.289 e. The molecule has 25 heavy (non-hydrogen) atoms. The minimum atomic E-state index is -0.0522. The molecule has 2 aliphatic heterocycles. The highest BCUT2D eigenvalue weighted by Gasteiger charge is 2.39. The van der Waals surface area contributed by atoms with Gasteiger partial charge in [0.1, 0.15) is 5.82 Å². The molecule has 4 heterocycles. The van der Waals surface area contributed by atoms with Crippen LogP contribution in [0.15, 0.2) is 12.1 Å². The molecule has 7 heteroatoms. The Labute approximate surface area is 151 Å². The Balaban J connectivity index is 1.28. The number of hydrogen-bond donors (Lipinski definition) is 1. The molecule has 1 saturated heterocycles. The van der Waals surface area contributed by atoms with Crippen LogP contribution >= 0.6 is 11.3 Å². The monoisotopic (exact) mass is 357 g/mol. The number of fused-ring (bicyclic) bond motifs is 2. The second-order valence-electron chi connectivity index (χ2n) is 7.73. The zero-order valence-corrected chi connectivity index (χ0v) is 15.3. The van der Waals surface area contributed by atoms with Crippen LogP contribution in [0.5, 0.6) is 0 Å².